The molecule has 1 N–H and O–H groups in total. The zero-order chi connectivity index (χ0) is 12.4. The second-order valence-corrected chi connectivity index (χ2v) is 5.05. The van der Waals surface area contributed by atoms with Crippen LogP contribution in [0.3, 0.4) is 0 Å². The average molecular weight is 360 g/mol. The summed E-state index contributed by atoms with van der Waals surface area (Å²) < 4.78 is 6.47. The molecule has 1 aromatic heterocycles. The number of carbonyl (C=O) groups excluding carboxylic acids is 1. The van der Waals surface area contributed by atoms with Gasteiger partial charge in [0.1, 0.15) is 5.69 Å². The molecule has 0 atom stereocenters. The summed E-state index contributed by atoms with van der Waals surface area (Å²) in [4.78, 5) is 11.3. The summed E-state index contributed by atoms with van der Waals surface area (Å²) in [6, 6.07) is 7.39. The van der Waals surface area contributed by atoms with Gasteiger partial charge in [-0.15, -0.1) is 0 Å². The minimum atomic E-state index is -0.433. The number of carbonyl (C=O) groups is 1. The third-order valence-electron chi connectivity index (χ3n) is 2.19. The molecule has 6 heteroatoms. The predicted molar refractivity (Wildman–Crippen MR) is 70.8 cm³/mol. The number of hydrogen-bond donors (Lipinski definition) is 1. The molecular formula is C11H8Br2N2O2. The van der Waals surface area contributed by atoms with Gasteiger partial charge in [0.05, 0.1) is 12.8 Å². The number of aromatic nitrogens is 2. The predicted octanol–water partition coefficient (Wildman–Crippen LogP) is 3.39. The van der Waals surface area contributed by atoms with Crippen LogP contribution in [-0.2, 0) is 4.74 Å². The van der Waals surface area contributed by atoms with E-state index in [1.165, 1.54) is 7.11 Å². The monoisotopic (exact) mass is 358 g/mol. The molecule has 0 aliphatic rings. The van der Waals surface area contributed by atoms with Crippen molar-refractivity contribution in [1.29, 1.82) is 0 Å². The summed E-state index contributed by atoms with van der Waals surface area (Å²) in [6.45, 7) is 0. The highest BCUT2D eigenvalue weighted by Crippen LogP contribution is 2.29. The van der Waals surface area contributed by atoms with Crippen LogP contribution in [0.15, 0.2) is 33.2 Å². The highest BCUT2D eigenvalue weighted by molar-refractivity contribution is 9.11. The van der Waals surface area contributed by atoms with Gasteiger partial charge in [0, 0.05) is 14.5 Å². The average Bonchev–Trinajstić information content (AvgIpc) is 2.77. The topological polar surface area (TPSA) is 55.0 Å². The lowest BCUT2D eigenvalue weighted by Crippen LogP contribution is -2.00. The third kappa shape index (κ3) is 2.58. The maximum atomic E-state index is 11.3. The lowest BCUT2D eigenvalue weighted by molar-refractivity contribution is 0.0594. The number of nitrogens with one attached hydrogen (secondary N) is 1. The number of nitrogens with zero attached hydrogens (tertiary/aromatic N) is 1. The molecular weight excluding hydrogens is 352 g/mol. The molecule has 0 amide bonds. The molecule has 0 unspecified atom stereocenters. The molecule has 1 heterocycles. The Morgan fingerprint density at radius 3 is 2.76 bits per heavy atom. The molecule has 4 nitrogen and oxygen atoms in total. The van der Waals surface area contributed by atoms with Crippen LogP contribution >= 0.6 is 31.9 Å². The fraction of sp³-hybridized carbons (Fsp3) is 0.0909. The van der Waals surface area contributed by atoms with Crippen molar-refractivity contribution in [2.45, 2.75) is 0 Å². The molecule has 0 radical (unpaired) electrons. The number of halogens is 2. The summed E-state index contributed by atoms with van der Waals surface area (Å²) >= 11 is 6.82. The van der Waals surface area contributed by atoms with Crippen molar-refractivity contribution in [2.24, 2.45) is 0 Å². The van der Waals surface area contributed by atoms with Gasteiger partial charge in [-0.05, 0) is 18.2 Å². The first-order chi connectivity index (χ1) is 8.11. The first kappa shape index (κ1) is 12.3. The standard InChI is InChI=1S/C11H8Br2N2O2/c1-17-11(16)10-5-9(14-15-10)7-3-2-6(12)4-8(7)13/h2-5H,1H3,(H,14,15). The molecule has 0 saturated carbocycles. The van der Waals surface area contributed by atoms with Crippen LogP contribution in [0.2, 0.25) is 0 Å². The highest BCUT2D eigenvalue weighted by Gasteiger charge is 2.12. The fourth-order valence-electron chi connectivity index (χ4n) is 1.37. The van der Waals surface area contributed by atoms with Crippen LogP contribution in [0.4, 0.5) is 0 Å². The van der Waals surface area contributed by atoms with E-state index in [0.29, 0.717) is 11.4 Å². The first-order valence-corrected chi connectivity index (χ1v) is 6.29. The van der Waals surface area contributed by atoms with Crippen molar-refractivity contribution >= 4 is 37.8 Å². The van der Waals surface area contributed by atoms with Gasteiger partial charge in [-0.3, -0.25) is 5.10 Å². The van der Waals surface area contributed by atoms with E-state index in [2.05, 4.69) is 46.8 Å². The van der Waals surface area contributed by atoms with Crippen LogP contribution in [0, 0.1) is 0 Å². The SMILES string of the molecule is COC(=O)c1cc(-c2ccc(Br)cc2Br)n[nH]1. The molecule has 0 aliphatic heterocycles. The molecule has 2 aromatic rings. The van der Waals surface area contributed by atoms with E-state index in [-0.39, 0.29) is 0 Å². The van der Waals surface area contributed by atoms with Gasteiger partial charge in [-0.25, -0.2) is 4.79 Å². The van der Waals surface area contributed by atoms with Crippen LogP contribution in [-0.4, -0.2) is 23.3 Å². The van der Waals surface area contributed by atoms with Gasteiger partial charge >= 0.3 is 5.97 Å². The van der Waals surface area contributed by atoms with Crippen molar-refractivity contribution in [3.05, 3.63) is 38.9 Å². The molecule has 1 aromatic carbocycles. The minimum absolute atomic E-state index is 0.331. The maximum Gasteiger partial charge on any atom is 0.356 e. The smallest absolute Gasteiger partial charge is 0.356 e. The molecule has 0 spiro atoms. The summed E-state index contributed by atoms with van der Waals surface area (Å²) in [5.74, 6) is -0.433. The van der Waals surface area contributed by atoms with Crippen molar-refractivity contribution < 1.29 is 9.53 Å². The second kappa shape index (κ2) is 5.01. The van der Waals surface area contributed by atoms with E-state index in [9.17, 15) is 4.79 Å². The van der Waals surface area contributed by atoms with Crippen LogP contribution in [0.1, 0.15) is 10.5 Å². The van der Waals surface area contributed by atoms with Gasteiger partial charge in [-0.2, -0.15) is 5.10 Å². The van der Waals surface area contributed by atoms with E-state index in [0.717, 1.165) is 14.5 Å². The third-order valence-corrected chi connectivity index (χ3v) is 3.34. The summed E-state index contributed by atoms with van der Waals surface area (Å²) in [7, 11) is 1.33. The van der Waals surface area contributed by atoms with E-state index in [4.69, 9.17) is 0 Å². The van der Waals surface area contributed by atoms with E-state index < -0.39 is 5.97 Å². The van der Waals surface area contributed by atoms with E-state index in [1.54, 1.807) is 6.07 Å². The molecule has 17 heavy (non-hydrogen) atoms. The Kier molecular flexibility index (Phi) is 3.63. The Morgan fingerprint density at radius 1 is 1.35 bits per heavy atom. The lowest BCUT2D eigenvalue weighted by atomic mass is 10.1. The Morgan fingerprint density at radius 2 is 2.12 bits per heavy atom. The van der Waals surface area contributed by atoms with Crippen molar-refractivity contribution in [3.63, 3.8) is 0 Å². The Hall–Kier alpha value is -1.14. The van der Waals surface area contributed by atoms with Crippen molar-refractivity contribution in [2.75, 3.05) is 7.11 Å². The molecule has 2 rings (SSSR count). The molecule has 0 bridgehead atoms. The maximum absolute atomic E-state index is 11.3. The summed E-state index contributed by atoms with van der Waals surface area (Å²) in [5.41, 5.74) is 1.92. The highest BCUT2D eigenvalue weighted by atomic mass is 79.9. The van der Waals surface area contributed by atoms with E-state index >= 15 is 0 Å². The summed E-state index contributed by atoms with van der Waals surface area (Å²) in [6.07, 6.45) is 0. The number of H-pyrrole nitrogens is 1. The zero-order valence-corrected chi connectivity index (χ0v) is 12.0. The lowest BCUT2D eigenvalue weighted by Gasteiger charge is -2.00. The number of benzene rings is 1. The van der Waals surface area contributed by atoms with E-state index in [1.807, 2.05) is 18.2 Å². The molecule has 88 valence electrons. The number of ether oxygens (including phenoxy) is 1. The number of esters is 1. The van der Waals surface area contributed by atoms with Crippen LogP contribution in [0.25, 0.3) is 11.3 Å². The van der Waals surface area contributed by atoms with Gasteiger partial charge in [-0.1, -0.05) is 37.9 Å². The number of methoxy groups -OCH3 is 1. The molecule has 0 fully saturated rings. The Labute approximate surface area is 115 Å². The first-order valence-electron chi connectivity index (χ1n) is 4.71. The largest absolute Gasteiger partial charge is 0.464 e. The normalized spacial score (nSPS) is 10.3. The Bertz CT molecular complexity index is 566. The van der Waals surface area contributed by atoms with Crippen molar-refractivity contribution in [3.8, 4) is 11.3 Å². The van der Waals surface area contributed by atoms with Gasteiger partial charge < -0.3 is 4.74 Å². The fourth-order valence-corrected chi connectivity index (χ4v) is 2.62. The minimum Gasteiger partial charge on any atom is -0.464 e. The van der Waals surface area contributed by atoms with Crippen molar-refractivity contribution in [1.82, 2.24) is 10.2 Å². The van der Waals surface area contributed by atoms with Crippen LogP contribution in [0.5, 0.6) is 0 Å². The zero-order valence-electron chi connectivity index (χ0n) is 8.83. The molecule has 0 saturated heterocycles. The Balaban J connectivity index is 2.40. The number of rotatable bonds is 2. The van der Waals surface area contributed by atoms with Gasteiger partial charge in [0.2, 0.25) is 0 Å². The van der Waals surface area contributed by atoms with Gasteiger partial charge in [0.15, 0.2) is 0 Å². The number of hydrogen-bond acceptors (Lipinski definition) is 3. The summed E-state index contributed by atoms with van der Waals surface area (Å²) in [5, 5.41) is 6.71. The second-order valence-electron chi connectivity index (χ2n) is 3.28. The van der Waals surface area contributed by atoms with Gasteiger partial charge in [0.25, 0.3) is 0 Å². The molecule has 0 aliphatic carbocycles. The van der Waals surface area contributed by atoms with Crippen LogP contribution < -0.4 is 0 Å². The quantitative estimate of drug-likeness (QED) is 0.836. The number of aromatic amines is 1.